The van der Waals surface area contributed by atoms with Gasteiger partial charge < -0.3 is 19.4 Å². The van der Waals surface area contributed by atoms with Gasteiger partial charge in [0.05, 0.1) is 19.8 Å². The van der Waals surface area contributed by atoms with Crippen LogP contribution in [0.4, 0.5) is 23.7 Å². The summed E-state index contributed by atoms with van der Waals surface area (Å²) in [5.74, 6) is -1.65. The molecule has 0 bridgehead atoms. The molecule has 2 aromatic carbocycles. The van der Waals surface area contributed by atoms with E-state index in [4.69, 9.17) is 9.15 Å². The Morgan fingerprint density at radius 2 is 1.80 bits per heavy atom. The standard InChI is InChI=1S/C28H33F3N6O3/c29-24-18-20(26-33-34-27(40-26)25(30)31)6-7-21(24)19-37(23-4-2-1-3-5-23)28(38)32-10-13-35-11-8-22(9-12-35)36-14-16-39-17-15-36/h1-7,18,22,25H,8-17,19H2,(H,32,38). The monoisotopic (exact) mass is 558 g/mol. The van der Waals surface area contributed by atoms with Crippen molar-refractivity contribution in [2.45, 2.75) is 31.9 Å². The fourth-order valence-electron chi connectivity index (χ4n) is 5.17. The maximum Gasteiger partial charge on any atom is 0.322 e. The van der Waals surface area contributed by atoms with Crippen LogP contribution in [0.3, 0.4) is 0 Å². The van der Waals surface area contributed by atoms with Gasteiger partial charge in [0.25, 0.3) is 5.89 Å². The molecule has 0 saturated carbocycles. The number of para-hydroxylation sites is 1. The number of morpholine rings is 1. The molecule has 5 rings (SSSR count). The molecule has 3 heterocycles. The number of rotatable bonds is 9. The molecule has 0 radical (unpaired) electrons. The normalized spacial score (nSPS) is 17.3. The lowest BCUT2D eigenvalue weighted by atomic mass is 10.0. The van der Waals surface area contributed by atoms with E-state index in [-0.39, 0.29) is 29.6 Å². The summed E-state index contributed by atoms with van der Waals surface area (Å²) in [5.41, 5.74) is 1.04. The van der Waals surface area contributed by atoms with Crippen molar-refractivity contribution in [1.82, 2.24) is 25.3 Å². The second-order valence-electron chi connectivity index (χ2n) is 9.93. The van der Waals surface area contributed by atoms with Gasteiger partial charge in [0, 0.05) is 49.0 Å². The Labute approximate surface area is 230 Å². The number of amides is 2. The van der Waals surface area contributed by atoms with Crippen LogP contribution in [0.15, 0.2) is 52.9 Å². The van der Waals surface area contributed by atoms with Crippen LogP contribution in [0.1, 0.15) is 30.7 Å². The zero-order valence-corrected chi connectivity index (χ0v) is 22.1. The number of nitrogens with zero attached hydrogens (tertiary/aromatic N) is 5. The molecule has 1 N–H and O–H groups in total. The van der Waals surface area contributed by atoms with Crippen LogP contribution in [0.5, 0.6) is 0 Å². The highest BCUT2D eigenvalue weighted by atomic mass is 19.3. The van der Waals surface area contributed by atoms with Gasteiger partial charge in [-0.3, -0.25) is 9.80 Å². The van der Waals surface area contributed by atoms with E-state index < -0.39 is 18.1 Å². The van der Waals surface area contributed by atoms with Gasteiger partial charge in [-0.15, -0.1) is 10.2 Å². The predicted molar refractivity (Wildman–Crippen MR) is 143 cm³/mol. The molecule has 1 aromatic heterocycles. The number of benzene rings is 2. The quantitative estimate of drug-likeness (QED) is 0.419. The average Bonchev–Trinajstić information content (AvgIpc) is 3.49. The van der Waals surface area contributed by atoms with Crippen LogP contribution < -0.4 is 10.2 Å². The first kappa shape index (κ1) is 28.1. The smallest absolute Gasteiger partial charge is 0.322 e. The lowest BCUT2D eigenvalue weighted by Crippen LogP contribution is -2.50. The largest absolute Gasteiger partial charge is 0.415 e. The van der Waals surface area contributed by atoms with Crippen LogP contribution in [-0.4, -0.2) is 84.6 Å². The van der Waals surface area contributed by atoms with Crippen molar-refractivity contribution in [3.05, 3.63) is 65.8 Å². The van der Waals surface area contributed by atoms with Crippen LogP contribution in [0.25, 0.3) is 11.5 Å². The molecule has 40 heavy (non-hydrogen) atoms. The van der Waals surface area contributed by atoms with Crippen LogP contribution >= 0.6 is 0 Å². The molecule has 9 nitrogen and oxygen atoms in total. The second-order valence-corrected chi connectivity index (χ2v) is 9.93. The van der Waals surface area contributed by atoms with E-state index >= 15 is 4.39 Å². The number of anilines is 1. The van der Waals surface area contributed by atoms with E-state index in [0.29, 0.717) is 18.3 Å². The van der Waals surface area contributed by atoms with Gasteiger partial charge in [0.1, 0.15) is 5.82 Å². The number of halogens is 3. The molecule has 0 atom stereocenters. The minimum atomic E-state index is -2.91. The van der Waals surface area contributed by atoms with E-state index in [9.17, 15) is 13.6 Å². The third-order valence-electron chi connectivity index (χ3n) is 7.39. The highest BCUT2D eigenvalue weighted by molar-refractivity contribution is 5.91. The molecular weight excluding hydrogens is 525 g/mol. The van der Waals surface area contributed by atoms with Gasteiger partial charge in [0.2, 0.25) is 5.89 Å². The Bertz CT molecular complexity index is 1250. The van der Waals surface area contributed by atoms with Crippen molar-refractivity contribution in [3.8, 4) is 11.5 Å². The number of ether oxygens (including phenoxy) is 1. The van der Waals surface area contributed by atoms with E-state index in [1.54, 1.807) is 12.1 Å². The Kier molecular flexibility index (Phi) is 9.30. The van der Waals surface area contributed by atoms with Crippen molar-refractivity contribution < 1.29 is 27.1 Å². The first-order chi connectivity index (χ1) is 19.5. The summed E-state index contributed by atoms with van der Waals surface area (Å²) in [4.78, 5) is 19.6. The number of aromatic nitrogens is 2. The zero-order chi connectivity index (χ0) is 27.9. The molecule has 0 aliphatic carbocycles. The van der Waals surface area contributed by atoms with Crippen molar-refractivity contribution in [2.75, 3.05) is 57.4 Å². The van der Waals surface area contributed by atoms with Gasteiger partial charge >= 0.3 is 12.5 Å². The van der Waals surface area contributed by atoms with Crippen molar-refractivity contribution in [3.63, 3.8) is 0 Å². The predicted octanol–water partition coefficient (Wildman–Crippen LogP) is 4.33. The van der Waals surface area contributed by atoms with Gasteiger partial charge in [-0.25, -0.2) is 9.18 Å². The van der Waals surface area contributed by atoms with Crippen LogP contribution in [0, 0.1) is 5.82 Å². The Morgan fingerprint density at radius 1 is 1.05 bits per heavy atom. The summed E-state index contributed by atoms with van der Waals surface area (Å²) < 4.78 is 51.0. The number of hydrogen-bond donors (Lipinski definition) is 1. The maximum atomic E-state index is 15.1. The minimum Gasteiger partial charge on any atom is -0.415 e. The summed E-state index contributed by atoms with van der Waals surface area (Å²) in [6, 6.07) is 13.4. The molecule has 2 amide bonds. The first-order valence-electron chi connectivity index (χ1n) is 13.5. The zero-order valence-electron chi connectivity index (χ0n) is 22.1. The number of hydrogen-bond acceptors (Lipinski definition) is 7. The number of piperidine rings is 1. The van der Waals surface area contributed by atoms with E-state index in [0.717, 1.165) is 64.8 Å². The molecule has 2 fully saturated rings. The third kappa shape index (κ3) is 6.98. The summed E-state index contributed by atoms with van der Waals surface area (Å²) >= 11 is 0. The summed E-state index contributed by atoms with van der Waals surface area (Å²) in [7, 11) is 0. The first-order valence-corrected chi connectivity index (χ1v) is 13.5. The van der Waals surface area contributed by atoms with Crippen LogP contribution in [-0.2, 0) is 11.3 Å². The number of alkyl halides is 2. The maximum absolute atomic E-state index is 15.1. The van der Waals surface area contributed by atoms with Gasteiger partial charge in [-0.2, -0.15) is 8.78 Å². The fraction of sp³-hybridized carbons (Fsp3) is 0.464. The van der Waals surface area contributed by atoms with Crippen molar-refractivity contribution >= 4 is 11.7 Å². The third-order valence-corrected chi connectivity index (χ3v) is 7.39. The fourth-order valence-corrected chi connectivity index (χ4v) is 5.17. The highest BCUT2D eigenvalue weighted by Gasteiger charge is 2.26. The topological polar surface area (TPSA) is 87.0 Å². The molecule has 0 spiro atoms. The van der Waals surface area contributed by atoms with Crippen molar-refractivity contribution in [1.29, 1.82) is 0 Å². The molecule has 2 aliphatic heterocycles. The Morgan fingerprint density at radius 3 is 2.48 bits per heavy atom. The lowest BCUT2D eigenvalue weighted by molar-refractivity contribution is 0.00108. The lowest BCUT2D eigenvalue weighted by Gasteiger charge is -2.40. The van der Waals surface area contributed by atoms with E-state index in [1.807, 2.05) is 18.2 Å². The molecule has 0 unspecified atom stereocenters. The summed E-state index contributed by atoms with van der Waals surface area (Å²) in [6.45, 7) is 6.74. The Balaban J connectivity index is 1.18. The highest BCUT2D eigenvalue weighted by Crippen LogP contribution is 2.26. The van der Waals surface area contributed by atoms with Gasteiger partial charge in [-0.1, -0.05) is 24.3 Å². The molecule has 2 aliphatic rings. The number of nitrogens with one attached hydrogen (secondary N) is 1. The van der Waals surface area contributed by atoms with Gasteiger partial charge in [-0.05, 0) is 50.2 Å². The van der Waals surface area contributed by atoms with E-state index in [1.165, 1.54) is 17.0 Å². The number of carbonyl (C=O) groups is 1. The van der Waals surface area contributed by atoms with Crippen molar-refractivity contribution in [2.24, 2.45) is 0 Å². The summed E-state index contributed by atoms with van der Waals surface area (Å²) in [6.07, 6.45) is -0.705. The number of likely N-dealkylation sites (tertiary alicyclic amines) is 1. The molecular formula is C28H33F3N6O3. The van der Waals surface area contributed by atoms with Crippen LogP contribution in [0.2, 0.25) is 0 Å². The number of carbonyl (C=O) groups excluding carboxylic acids is 1. The molecule has 2 saturated heterocycles. The van der Waals surface area contributed by atoms with Gasteiger partial charge in [0.15, 0.2) is 0 Å². The second kappa shape index (κ2) is 13.2. The molecule has 12 heteroatoms. The summed E-state index contributed by atoms with van der Waals surface area (Å²) in [5, 5.41) is 9.83. The molecule has 3 aromatic rings. The number of urea groups is 1. The SMILES string of the molecule is O=C(NCCN1CCC(N2CCOCC2)CC1)N(Cc1ccc(-c2nnc(C(F)F)o2)cc1F)c1ccccc1. The molecule has 214 valence electrons. The average molecular weight is 559 g/mol. The van der Waals surface area contributed by atoms with E-state index in [2.05, 4.69) is 25.3 Å². The minimum absolute atomic E-state index is 0.0287. The Hall–Kier alpha value is -3.48.